The van der Waals surface area contributed by atoms with Gasteiger partial charge in [-0.25, -0.2) is 4.39 Å². The molecule has 0 aliphatic heterocycles. The molecule has 0 aliphatic carbocycles. The quantitative estimate of drug-likeness (QED) is 0.493. The molecule has 5 heteroatoms. The predicted octanol–water partition coefficient (Wildman–Crippen LogP) is 5.10. The van der Waals surface area contributed by atoms with Crippen molar-refractivity contribution in [3.63, 3.8) is 0 Å². The van der Waals surface area contributed by atoms with Gasteiger partial charge in [-0.2, -0.15) is 0 Å². The minimum atomic E-state index is -0.240. The van der Waals surface area contributed by atoms with E-state index in [0.717, 1.165) is 30.5 Å². The average molecular weight is 368 g/mol. The van der Waals surface area contributed by atoms with Gasteiger partial charge in [0.05, 0.1) is 12.8 Å². The zero-order chi connectivity index (χ0) is 19.1. The van der Waals surface area contributed by atoms with Gasteiger partial charge < -0.3 is 13.9 Å². The van der Waals surface area contributed by atoms with Gasteiger partial charge in [0.2, 0.25) is 0 Å². The van der Waals surface area contributed by atoms with Crippen LogP contribution in [0.15, 0.2) is 65.4 Å². The summed E-state index contributed by atoms with van der Waals surface area (Å²) in [5, 5.41) is 0. The van der Waals surface area contributed by atoms with Gasteiger partial charge in [-0.3, -0.25) is 4.79 Å². The SMILES string of the molecule is CCCCCN(Cc1cccn1Cc1cccc(F)c1)C(=O)c1ccco1. The Labute approximate surface area is 159 Å². The number of aromatic nitrogens is 1. The summed E-state index contributed by atoms with van der Waals surface area (Å²) in [7, 11) is 0. The number of amides is 1. The molecule has 4 nitrogen and oxygen atoms in total. The monoisotopic (exact) mass is 368 g/mol. The number of benzene rings is 1. The summed E-state index contributed by atoms with van der Waals surface area (Å²) in [6, 6.07) is 14.0. The molecule has 2 aromatic heterocycles. The zero-order valence-electron chi connectivity index (χ0n) is 15.6. The number of unbranched alkanes of at least 4 members (excludes halogenated alkanes) is 2. The van der Waals surface area contributed by atoms with Crippen molar-refractivity contribution in [1.29, 1.82) is 0 Å². The molecular formula is C22H25FN2O2. The lowest BCUT2D eigenvalue weighted by Gasteiger charge is -2.23. The normalized spacial score (nSPS) is 10.9. The molecule has 0 bridgehead atoms. The van der Waals surface area contributed by atoms with E-state index < -0.39 is 0 Å². The molecule has 0 N–H and O–H groups in total. The van der Waals surface area contributed by atoms with Crippen LogP contribution in [0.3, 0.4) is 0 Å². The van der Waals surface area contributed by atoms with Crippen LogP contribution in [0.2, 0.25) is 0 Å². The fourth-order valence-electron chi connectivity index (χ4n) is 3.14. The van der Waals surface area contributed by atoms with Gasteiger partial charge in [0, 0.05) is 25.0 Å². The summed E-state index contributed by atoms with van der Waals surface area (Å²) in [5.74, 6) is 0.0136. The maximum atomic E-state index is 13.5. The predicted molar refractivity (Wildman–Crippen MR) is 103 cm³/mol. The first kappa shape index (κ1) is 19.0. The minimum absolute atomic E-state index is 0.102. The number of carbonyl (C=O) groups excluding carboxylic acids is 1. The molecule has 2 heterocycles. The Hall–Kier alpha value is -2.82. The van der Waals surface area contributed by atoms with Crippen molar-refractivity contribution in [3.8, 4) is 0 Å². The third-order valence-electron chi connectivity index (χ3n) is 4.57. The minimum Gasteiger partial charge on any atom is -0.459 e. The van der Waals surface area contributed by atoms with Gasteiger partial charge in [0.15, 0.2) is 5.76 Å². The lowest BCUT2D eigenvalue weighted by molar-refractivity contribution is 0.0704. The molecule has 27 heavy (non-hydrogen) atoms. The van der Waals surface area contributed by atoms with Crippen LogP contribution in [0.5, 0.6) is 0 Å². The van der Waals surface area contributed by atoms with Crippen molar-refractivity contribution in [2.24, 2.45) is 0 Å². The summed E-state index contributed by atoms with van der Waals surface area (Å²) in [6.45, 7) is 3.88. The van der Waals surface area contributed by atoms with E-state index in [1.54, 1.807) is 18.2 Å². The van der Waals surface area contributed by atoms with Crippen LogP contribution in [0.4, 0.5) is 4.39 Å². The van der Waals surface area contributed by atoms with Crippen molar-refractivity contribution in [2.45, 2.75) is 39.3 Å². The molecule has 0 saturated heterocycles. The molecule has 0 aliphatic rings. The molecule has 3 rings (SSSR count). The third kappa shape index (κ3) is 5.09. The number of hydrogen-bond acceptors (Lipinski definition) is 2. The van der Waals surface area contributed by atoms with Gasteiger partial charge in [-0.15, -0.1) is 0 Å². The van der Waals surface area contributed by atoms with Crippen LogP contribution >= 0.6 is 0 Å². The third-order valence-corrected chi connectivity index (χ3v) is 4.57. The molecule has 1 aromatic carbocycles. The maximum absolute atomic E-state index is 13.5. The van der Waals surface area contributed by atoms with E-state index in [4.69, 9.17) is 4.42 Å². The summed E-state index contributed by atoms with van der Waals surface area (Å²) >= 11 is 0. The van der Waals surface area contributed by atoms with Crippen molar-refractivity contribution in [1.82, 2.24) is 9.47 Å². The smallest absolute Gasteiger partial charge is 0.289 e. The topological polar surface area (TPSA) is 38.4 Å². The Morgan fingerprint density at radius 1 is 1.15 bits per heavy atom. The number of carbonyl (C=O) groups is 1. The van der Waals surface area contributed by atoms with Gasteiger partial charge in [0.1, 0.15) is 5.82 Å². The highest BCUT2D eigenvalue weighted by Crippen LogP contribution is 2.15. The molecule has 0 fully saturated rings. The van der Waals surface area contributed by atoms with Gasteiger partial charge >= 0.3 is 0 Å². The van der Waals surface area contributed by atoms with E-state index in [2.05, 4.69) is 11.5 Å². The van der Waals surface area contributed by atoms with Gasteiger partial charge in [0.25, 0.3) is 5.91 Å². The fourth-order valence-corrected chi connectivity index (χ4v) is 3.14. The van der Waals surface area contributed by atoms with E-state index in [1.807, 2.05) is 29.3 Å². The highest BCUT2D eigenvalue weighted by Gasteiger charge is 2.19. The number of rotatable bonds is 9. The Morgan fingerprint density at radius 2 is 2.04 bits per heavy atom. The Balaban J connectivity index is 1.75. The molecule has 0 spiro atoms. The molecule has 142 valence electrons. The largest absolute Gasteiger partial charge is 0.459 e. The van der Waals surface area contributed by atoms with E-state index in [1.165, 1.54) is 18.4 Å². The summed E-state index contributed by atoms with van der Waals surface area (Å²) in [5.41, 5.74) is 1.90. The van der Waals surface area contributed by atoms with Crippen molar-refractivity contribution in [2.75, 3.05) is 6.54 Å². The molecular weight excluding hydrogens is 343 g/mol. The van der Waals surface area contributed by atoms with Gasteiger partial charge in [-0.05, 0) is 48.4 Å². The summed E-state index contributed by atoms with van der Waals surface area (Å²) in [4.78, 5) is 14.6. The fraction of sp³-hybridized carbons (Fsp3) is 0.318. The molecule has 0 radical (unpaired) electrons. The highest BCUT2D eigenvalue weighted by atomic mass is 19.1. The van der Waals surface area contributed by atoms with Crippen LogP contribution in [-0.2, 0) is 13.1 Å². The first-order chi connectivity index (χ1) is 13.2. The second-order valence-corrected chi connectivity index (χ2v) is 6.67. The lowest BCUT2D eigenvalue weighted by Crippen LogP contribution is -2.32. The number of halogens is 1. The Kier molecular flexibility index (Phi) is 6.47. The van der Waals surface area contributed by atoms with E-state index in [9.17, 15) is 9.18 Å². The lowest BCUT2D eigenvalue weighted by atomic mass is 10.2. The van der Waals surface area contributed by atoms with Crippen LogP contribution in [0, 0.1) is 5.82 Å². The Morgan fingerprint density at radius 3 is 2.78 bits per heavy atom. The highest BCUT2D eigenvalue weighted by molar-refractivity contribution is 5.91. The van der Waals surface area contributed by atoms with Crippen LogP contribution in [-0.4, -0.2) is 21.9 Å². The van der Waals surface area contributed by atoms with Crippen LogP contribution < -0.4 is 0 Å². The number of hydrogen-bond donors (Lipinski definition) is 0. The summed E-state index contributed by atoms with van der Waals surface area (Å²) in [6.07, 6.45) is 6.60. The second kappa shape index (κ2) is 9.21. The Bertz CT molecular complexity index is 855. The van der Waals surface area contributed by atoms with Gasteiger partial charge in [-0.1, -0.05) is 31.9 Å². The number of furan rings is 1. The van der Waals surface area contributed by atoms with Crippen molar-refractivity contribution >= 4 is 5.91 Å². The standard InChI is InChI=1S/C22H25FN2O2/c1-2-3-4-12-25(22(26)21-11-7-14-27-21)17-20-10-6-13-24(20)16-18-8-5-9-19(23)15-18/h5-11,13-15H,2-4,12,16-17H2,1H3. The van der Waals surface area contributed by atoms with Crippen molar-refractivity contribution in [3.05, 3.63) is 83.8 Å². The van der Waals surface area contributed by atoms with E-state index >= 15 is 0 Å². The van der Waals surface area contributed by atoms with E-state index in [0.29, 0.717) is 25.4 Å². The van der Waals surface area contributed by atoms with Crippen molar-refractivity contribution < 1.29 is 13.6 Å². The average Bonchev–Trinajstić information content (AvgIpc) is 3.33. The maximum Gasteiger partial charge on any atom is 0.289 e. The number of nitrogens with zero attached hydrogens (tertiary/aromatic N) is 2. The second-order valence-electron chi connectivity index (χ2n) is 6.67. The molecule has 3 aromatic rings. The van der Waals surface area contributed by atoms with Crippen LogP contribution in [0.1, 0.15) is 48.0 Å². The van der Waals surface area contributed by atoms with E-state index in [-0.39, 0.29) is 11.7 Å². The van der Waals surface area contributed by atoms with Crippen LogP contribution in [0.25, 0.3) is 0 Å². The molecule has 1 amide bonds. The summed E-state index contributed by atoms with van der Waals surface area (Å²) < 4.78 is 20.8. The molecule has 0 atom stereocenters. The zero-order valence-corrected chi connectivity index (χ0v) is 15.6. The first-order valence-corrected chi connectivity index (χ1v) is 9.38. The first-order valence-electron chi connectivity index (χ1n) is 9.38. The molecule has 0 unspecified atom stereocenters. The molecule has 0 saturated carbocycles.